The Morgan fingerprint density at radius 2 is 1.62 bits per heavy atom. The molecular weight excluding hydrogens is 534 g/mol. The maximum Gasteiger partial charge on any atom is 0.407 e. The Morgan fingerprint density at radius 3 is 2.23 bits per heavy atom. The Bertz CT molecular complexity index is 838. The zero-order valence-corrected chi connectivity index (χ0v) is 27.2. The number of rotatable bonds is 23. The molecule has 0 aromatic carbocycles. The minimum Gasteiger partial charge on any atom is -0.444 e. The predicted octanol–water partition coefficient (Wildman–Crippen LogP) is 4.82. The van der Waals surface area contributed by atoms with Crippen LogP contribution in [0.25, 0.3) is 10.4 Å². The molecular formula is C26H55N7O4SSi. The number of carbonyl (C=O) groups excluding carboxylic acids is 1. The van der Waals surface area contributed by atoms with Crippen LogP contribution in [0.4, 0.5) is 4.79 Å². The number of nitrogens with one attached hydrogen (secondary N) is 2. The molecule has 0 aliphatic carbocycles. The first-order chi connectivity index (χ1) is 18.2. The van der Waals surface area contributed by atoms with Gasteiger partial charge in [0, 0.05) is 45.7 Å². The van der Waals surface area contributed by atoms with Gasteiger partial charge in [0.2, 0.25) is 10.0 Å². The van der Waals surface area contributed by atoms with Crippen LogP contribution >= 0.6 is 0 Å². The highest BCUT2D eigenvalue weighted by atomic mass is 32.2. The van der Waals surface area contributed by atoms with E-state index in [1.54, 1.807) is 4.31 Å². The Hall–Kier alpha value is -1.63. The second-order valence-corrected chi connectivity index (χ2v) is 19.7. The number of ether oxygens (including phenoxy) is 1. The molecule has 0 heterocycles. The highest BCUT2D eigenvalue weighted by molar-refractivity contribution is 7.89. The van der Waals surface area contributed by atoms with Crippen LogP contribution in [-0.4, -0.2) is 102 Å². The van der Waals surface area contributed by atoms with E-state index in [9.17, 15) is 13.2 Å². The Labute approximate surface area is 238 Å². The topological polar surface area (TPSA) is 140 Å². The quantitative estimate of drug-likeness (QED) is 0.0437. The Kier molecular flexibility index (Phi) is 19.4. The van der Waals surface area contributed by atoms with Crippen LogP contribution in [0.15, 0.2) is 17.8 Å². The summed E-state index contributed by atoms with van der Waals surface area (Å²) in [5.74, 6) is 0.181. The molecule has 0 aliphatic rings. The van der Waals surface area contributed by atoms with Crippen molar-refractivity contribution >= 4 is 24.2 Å². The fourth-order valence-corrected chi connectivity index (χ4v) is 8.24. The van der Waals surface area contributed by atoms with Crippen LogP contribution in [0, 0.1) is 0 Å². The number of carbonyl (C=O) groups is 1. The molecule has 0 atom stereocenters. The van der Waals surface area contributed by atoms with Gasteiger partial charge in [-0.05, 0) is 90.6 Å². The van der Waals surface area contributed by atoms with Gasteiger partial charge in [-0.2, -0.15) is 0 Å². The molecule has 0 radical (unpaired) electrons. The molecule has 11 nitrogen and oxygen atoms in total. The number of hydrogen-bond donors (Lipinski definition) is 2. The number of alkyl carbamates (subject to hydrolysis) is 1. The molecule has 39 heavy (non-hydrogen) atoms. The lowest BCUT2D eigenvalue weighted by Crippen LogP contribution is -2.39. The summed E-state index contributed by atoms with van der Waals surface area (Å²) >= 11 is 0. The van der Waals surface area contributed by atoms with Crippen molar-refractivity contribution in [3.8, 4) is 0 Å². The van der Waals surface area contributed by atoms with Crippen LogP contribution in [0.5, 0.6) is 0 Å². The third-order valence-electron chi connectivity index (χ3n) is 5.78. The van der Waals surface area contributed by atoms with Crippen molar-refractivity contribution in [2.75, 3.05) is 64.7 Å². The molecule has 0 unspecified atom stereocenters. The first kappa shape index (κ1) is 37.4. The molecule has 2 N–H and O–H groups in total. The smallest absolute Gasteiger partial charge is 0.407 e. The molecule has 0 rings (SSSR count). The van der Waals surface area contributed by atoms with E-state index >= 15 is 0 Å². The summed E-state index contributed by atoms with van der Waals surface area (Å²) in [5, 5.41) is 9.62. The minimum absolute atomic E-state index is 0.181. The van der Waals surface area contributed by atoms with Crippen molar-refractivity contribution in [1.29, 1.82) is 0 Å². The zero-order valence-electron chi connectivity index (χ0n) is 25.4. The van der Waals surface area contributed by atoms with Crippen molar-refractivity contribution in [1.82, 2.24) is 19.8 Å². The van der Waals surface area contributed by atoms with E-state index in [0.29, 0.717) is 32.6 Å². The van der Waals surface area contributed by atoms with Gasteiger partial charge >= 0.3 is 6.09 Å². The van der Waals surface area contributed by atoms with Crippen LogP contribution in [0.1, 0.15) is 52.9 Å². The fourth-order valence-electron chi connectivity index (χ4n) is 3.69. The monoisotopic (exact) mass is 589 g/mol. The number of amides is 1. The molecule has 0 saturated heterocycles. The lowest BCUT2D eigenvalue weighted by Gasteiger charge is -2.25. The van der Waals surface area contributed by atoms with Gasteiger partial charge < -0.3 is 15.4 Å². The summed E-state index contributed by atoms with van der Waals surface area (Å²) in [4.78, 5) is 17.0. The van der Waals surface area contributed by atoms with E-state index < -0.39 is 29.8 Å². The van der Waals surface area contributed by atoms with Crippen molar-refractivity contribution in [2.45, 2.75) is 84.2 Å². The summed E-state index contributed by atoms with van der Waals surface area (Å²) in [6.45, 7) is 21.9. The average molecular weight is 590 g/mol. The average Bonchev–Trinajstić information content (AvgIpc) is 2.81. The van der Waals surface area contributed by atoms with E-state index in [-0.39, 0.29) is 5.75 Å². The van der Waals surface area contributed by atoms with Gasteiger partial charge in [-0.25, -0.2) is 17.5 Å². The van der Waals surface area contributed by atoms with Crippen molar-refractivity contribution < 1.29 is 17.9 Å². The molecule has 0 aromatic rings. The maximum atomic E-state index is 13.2. The van der Waals surface area contributed by atoms with Gasteiger partial charge in [0.05, 0.1) is 5.75 Å². The van der Waals surface area contributed by atoms with E-state index in [2.05, 4.69) is 51.8 Å². The first-order valence-corrected chi connectivity index (χ1v) is 19.5. The van der Waals surface area contributed by atoms with Crippen LogP contribution in [0.3, 0.4) is 0 Å². The van der Waals surface area contributed by atoms with Gasteiger partial charge in [0.25, 0.3) is 0 Å². The summed E-state index contributed by atoms with van der Waals surface area (Å²) in [6.07, 6.45) is 5.44. The lowest BCUT2D eigenvalue weighted by molar-refractivity contribution is 0.0526. The summed E-state index contributed by atoms with van der Waals surface area (Å²) in [7, 11) is -4.86. The number of sulfonamides is 1. The fraction of sp³-hybridized carbons (Fsp3) is 0.885. The molecule has 0 spiro atoms. The van der Waals surface area contributed by atoms with Crippen molar-refractivity contribution in [3.05, 3.63) is 23.1 Å². The Morgan fingerprint density at radius 1 is 1.03 bits per heavy atom. The van der Waals surface area contributed by atoms with E-state index in [1.165, 1.54) is 0 Å². The second kappa shape index (κ2) is 20.3. The third kappa shape index (κ3) is 22.8. The van der Waals surface area contributed by atoms with E-state index in [4.69, 9.17) is 10.3 Å². The van der Waals surface area contributed by atoms with Crippen LogP contribution in [-0.2, 0) is 14.8 Å². The number of unbranched alkanes of at least 4 members (excludes halogenated alkanes) is 1. The number of azide groups is 1. The molecule has 228 valence electrons. The SMILES string of the molecule is C=CCN(CCCCN(CCCNC(=O)OC(C)(C)C)S(=O)(=O)CC[Si](C)(C)C)CCCNCCCN=[N+]=[N-]. The second-order valence-electron chi connectivity index (χ2n) is 12.0. The molecule has 0 bridgehead atoms. The highest BCUT2D eigenvalue weighted by Gasteiger charge is 2.25. The molecule has 0 fully saturated rings. The van der Waals surface area contributed by atoms with Gasteiger partial charge in [-0.1, -0.05) is 30.8 Å². The highest BCUT2D eigenvalue weighted by Crippen LogP contribution is 2.14. The normalized spacial score (nSPS) is 12.4. The predicted molar refractivity (Wildman–Crippen MR) is 164 cm³/mol. The minimum atomic E-state index is -3.37. The van der Waals surface area contributed by atoms with E-state index in [1.807, 2.05) is 26.8 Å². The lowest BCUT2D eigenvalue weighted by atomic mass is 10.2. The van der Waals surface area contributed by atoms with Gasteiger partial charge in [-0.15, -0.1) is 6.58 Å². The standard InChI is InChI=1S/C26H55N7O4SSi/c1-8-18-32(20-12-15-28-14-11-17-30-31-27)19-9-10-21-33(38(35,36)23-24-39(5,6)7)22-13-16-29-25(34)37-26(2,3)4/h8,28H,1,9-24H2,2-7H3,(H,29,34). The molecule has 0 aromatic heterocycles. The maximum absolute atomic E-state index is 13.2. The van der Waals surface area contributed by atoms with Crippen LogP contribution in [0.2, 0.25) is 25.7 Å². The number of hydrogen-bond acceptors (Lipinski definition) is 7. The first-order valence-electron chi connectivity index (χ1n) is 14.2. The van der Waals surface area contributed by atoms with Gasteiger partial charge in [-0.3, -0.25) is 4.90 Å². The summed E-state index contributed by atoms with van der Waals surface area (Å²) in [5.41, 5.74) is 7.73. The summed E-state index contributed by atoms with van der Waals surface area (Å²) < 4.78 is 33.3. The molecule has 13 heteroatoms. The largest absolute Gasteiger partial charge is 0.444 e. The third-order valence-corrected chi connectivity index (χ3v) is 9.76. The molecule has 0 saturated carbocycles. The number of nitrogens with zero attached hydrogens (tertiary/aromatic N) is 5. The molecule has 1 amide bonds. The van der Waals surface area contributed by atoms with Gasteiger partial charge in [0.15, 0.2) is 0 Å². The molecule has 0 aliphatic heterocycles. The zero-order chi connectivity index (χ0) is 29.8. The van der Waals surface area contributed by atoms with Crippen molar-refractivity contribution in [2.24, 2.45) is 5.11 Å². The summed E-state index contributed by atoms with van der Waals surface area (Å²) in [6, 6.07) is 0.731. The van der Waals surface area contributed by atoms with E-state index in [0.717, 1.165) is 64.5 Å². The van der Waals surface area contributed by atoms with Gasteiger partial charge in [0.1, 0.15) is 5.60 Å². The van der Waals surface area contributed by atoms with Crippen LogP contribution < -0.4 is 10.6 Å². The Balaban J connectivity index is 4.71. The van der Waals surface area contributed by atoms with Crippen molar-refractivity contribution in [3.63, 3.8) is 0 Å².